The van der Waals surface area contributed by atoms with Crippen molar-refractivity contribution < 1.29 is 4.79 Å². The van der Waals surface area contributed by atoms with E-state index in [4.69, 9.17) is 0 Å². The molecular weight excluding hydrogens is 226 g/mol. The zero-order valence-corrected chi connectivity index (χ0v) is 7.83. The highest BCUT2D eigenvalue weighted by atomic mass is 79.9. The van der Waals surface area contributed by atoms with Crippen LogP contribution in [0.15, 0.2) is 16.7 Å². The fraction of sp³-hybridized carbons (Fsp3) is 0. The number of hydrogen-bond donors (Lipinski definition) is 1. The predicted molar refractivity (Wildman–Crippen MR) is 49.3 cm³/mol. The summed E-state index contributed by atoms with van der Waals surface area (Å²) in [5.41, 5.74) is 1.02. The molecule has 56 valence electrons. The number of aromatic amines is 1. The van der Waals surface area contributed by atoms with E-state index < -0.39 is 0 Å². The number of H-pyrrole nitrogens is 1. The molecule has 2 heterocycles. The van der Waals surface area contributed by atoms with Crippen LogP contribution in [-0.4, -0.2) is 11.3 Å². The zero-order chi connectivity index (χ0) is 7.84. The van der Waals surface area contributed by atoms with Gasteiger partial charge in [-0.1, -0.05) is 0 Å². The van der Waals surface area contributed by atoms with Crippen LogP contribution in [0.25, 0.3) is 10.2 Å². The van der Waals surface area contributed by atoms with E-state index in [9.17, 15) is 4.79 Å². The van der Waals surface area contributed by atoms with Crippen LogP contribution in [0.2, 0.25) is 0 Å². The van der Waals surface area contributed by atoms with Crippen molar-refractivity contribution in [3.8, 4) is 0 Å². The van der Waals surface area contributed by atoms with Crippen LogP contribution < -0.4 is 0 Å². The third-order valence-electron chi connectivity index (χ3n) is 1.41. The van der Waals surface area contributed by atoms with E-state index in [0.29, 0.717) is 0 Å². The first-order chi connectivity index (χ1) is 5.29. The molecule has 2 aromatic heterocycles. The van der Waals surface area contributed by atoms with Crippen molar-refractivity contribution in [3.63, 3.8) is 0 Å². The number of halogens is 1. The molecule has 11 heavy (non-hydrogen) atoms. The molecule has 0 aliphatic heterocycles. The summed E-state index contributed by atoms with van der Waals surface area (Å²) in [6.07, 6.45) is 0.867. The van der Waals surface area contributed by atoms with Crippen molar-refractivity contribution in [1.82, 2.24) is 4.98 Å². The van der Waals surface area contributed by atoms with Crippen LogP contribution in [0.1, 0.15) is 9.67 Å². The van der Waals surface area contributed by atoms with Gasteiger partial charge in [-0.05, 0) is 28.1 Å². The summed E-state index contributed by atoms with van der Waals surface area (Å²) in [6, 6.07) is 3.81. The molecule has 0 aromatic carbocycles. The molecule has 2 aromatic rings. The summed E-state index contributed by atoms with van der Waals surface area (Å²) in [5, 5.41) is 0. The molecule has 0 aliphatic rings. The second kappa shape index (κ2) is 2.46. The zero-order valence-electron chi connectivity index (χ0n) is 5.43. The van der Waals surface area contributed by atoms with Gasteiger partial charge in [0.1, 0.15) is 0 Å². The Morgan fingerprint density at radius 2 is 2.36 bits per heavy atom. The van der Waals surface area contributed by atoms with Gasteiger partial charge >= 0.3 is 0 Å². The maximum absolute atomic E-state index is 10.3. The molecule has 0 aliphatic carbocycles. The van der Waals surface area contributed by atoms with Crippen molar-refractivity contribution in [3.05, 3.63) is 21.6 Å². The van der Waals surface area contributed by atoms with Gasteiger partial charge in [0.15, 0.2) is 6.29 Å². The maximum Gasteiger partial charge on any atom is 0.160 e. The first-order valence-electron chi connectivity index (χ1n) is 3.03. The van der Waals surface area contributed by atoms with Crippen molar-refractivity contribution in [2.45, 2.75) is 0 Å². The van der Waals surface area contributed by atoms with Crippen LogP contribution in [0.3, 0.4) is 0 Å². The Bertz CT molecular complexity index is 372. The number of aldehydes is 1. The van der Waals surface area contributed by atoms with Crippen LogP contribution in [0.5, 0.6) is 0 Å². The first kappa shape index (κ1) is 7.06. The van der Waals surface area contributed by atoms with E-state index in [2.05, 4.69) is 20.9 Å². The summed E-state index contributed by atoms with van der Waals surface area (Å²) in [4.78, 5) is 14.2. The predicted octanol–water partition coefficient (Wildman–Crippen LogP) is 2.80. The Labute approximate surface area is 75.4 Å². The van der Waals surface area contributed by atoms with Crippen LogP contribution in [-0.2, 0) is 0 Å². The smallest absolute Gasteiger partial charge is 0.160 e. The van der Waals surface area contributed by atoms with Gasteiger partial charge in [0.25, 0.3) is 0 Å². The first-order valence-corrected chi connectivity index (χ1v) is 4.64. The molecule has 4 heteroatoms. The monoisotopic (exact) mass is 229 g/mol. The lowest BCUT2D eigenvalue weighted by atomic mass is 10.4. The lowest BCUT2D eigenvalue weighted by Gasteiger charge is -1.75. The molecule has 0 spiro atoms. The number of aromatic nitrogens is 1. The number of fused-ring (bicyclic) bond motifs is 1. The Morgan fingerprint density at radius 1 is 1.55 bits per heavy atom. The fourth-order valence-corrected chi connectivity index (χ4v) is 2.44. The van der Waals surface area contributed by atoms with E-state index in [1.54, 1.807) is 0 Å². The van der Waals surface area contributed by atoms with Gasteiger partial charge in [-0.25, -0.2) is 0 Å². The van der Waals surface area contributed by atoms with Crippen molar-refractivity contribution in [2.75, 3.05) is 0 Å². The largest absolute Gasteiger partial charge is 0.349 e. The Morgan fingerprint density at radius 3 is 3.00 bits per heavy atom. The molecule has 2 nitrogen and oxygen atoms in total. The summed E-state index contributed by atoms with van der Waals surface area (Å²) in [5.74, 6) is 0. The third kappa shape index (κ3) is 1.12. The molecule has 0 unspecified atom stereocenters. The minimum absolute atomic E-state index is 0.763. The number of nitrogens with one attached hydrogen (secondary N) is 1. The van der Waals surface area contributed by atoms with Gasteiger partial charge in [0.2, 0.25) is 0 Å². The molecule has 0 saturated carbocycles. The molecule has 0 saturated heterocycles. The highest BCUT2D eigenvalue weighted by molar-refractivity contribution is 9.10. The standard InChI is InChI=1S/C7H4BrNOS/c8-7-2-6-5(9-7)1-4(3-10)11-6/h1-3,9H. The molecule has 0 bridgehead atoms. The number of hydrogen-bond acceptors (Lipinski definition) is 2. The Hall–Kier alpha value is -0.610. The Balaban J connectivity index is 2.72. The quantitative estimate of drug-likeness (QED) is 0.750. The summed E-state index contributed by atoms with van der Waals surface area (Å²) in [7, 11) is 0. The number of thiophene rings is 1. The molecule has 1 N–H and O–H groups in total. The fourth-order valence-electron chi connectivity index (χ4n) is 0.968. The average molecular weight is 230 g/mol. The SMILES string of the molecule is O=Cc1cc2[nH]c(Br)cc2s1. The van der Waals surface area contributed by atoms with Gasteiger partial charge in [-0.15, -0.1) is 11.3 Å². The van der Waals surface area contributed by atoms with Gasteiger partial charge in [-0.3, -0.25) is 4.79 Å². The third-order valence-corrected chi connectivity index (χ3v) is 2.84. The number of rotatable bonds is 1. The van der Waals surface area contributed by atoms with Gasteiger partial charge in [0, 0.05) is 0 Å². The summed E-state index contributed by atoms with van der Waals surface area (Å²) in [6.45, 7) is 0. The number of carbonyl (C=O) groups is 1. The second-order valence-corrected chi connectivity index (χ2v) is 4.13. The summed E-state index contributed by atoms with van der Waals surface area (Å²) < 4.78 is 2.06. The molecule has 0 fully saturated rings. The van der Waals surface area contributed by atoms with Crippen molar-refractivity contribution >= 4 is 43.8 Å². The highest BCUT2D eigenvalue weighted by Gasteiger charge is 2.02. The molecule has 0 atom stereocenters. The van der Waals surface area contributed by atoms with Crippen molar-refractivity contribution in [1.29, 1.82) is 0 Å². The minimum atomic E-state index is 0.763. The van der Waals surface area contributed by atoms with Gasteiger partial charge in [0.05, 0.1) is 19.7 Å². The van der Waals surface area contributed by atoms with E-state index in [-0.39, 0.29) is 0 Å². The topological polar surface area (TPSA) is 32.9 Å². The minimum Gasteiger partial charge on any atom is -0.349 e. The number of carbonyl (C=O) groups excluding carboxylic acids is 1. The normalized spacial score (nSPS) is 10.6. The molecular formula is C7H4BrNOS. The van der Waals surface area contributed by atoms with E-state index in [0.717, 1.165) is 26.0 Å². The maximum atomic E-state index is 10.3. The molecule has 2 rings (SSSR count). The Kier molecular flexibility index (Phi) is 1.58. The highest BCUT2D eigenvalue weighted by Crippen LogP contribution is 2.26. The van der Waals surface area contributed by atoms with Crippen LogP contribution >= 0.6 is 27.3 Å². The molecule has 0 radical (unpaired) electrons. The molecule has 0 amide bonds. The second-order valence-electron chi connectivity index (χ2n) is 2.16. The lowest BCUT2D eigenvalue weighted by Crippen LogP contribution is -1.65. The van der Waals surface area contributed by atoms with E-state index in [1.807, 2.05) is 12.1 Å². The summed E-state index contributed by atoms with van der Waals surface area (Å²) >= 11 is 4.80. The van der Waals surface area contributed by atoms with Gasteiger partial charge < -0.3 is 4.98 Å². The van der Waals surface area contributed by atoms with Crippen molar-refractivity contribution in [2.24, 2.45) is 0 Å². The van der Waals surface area contributed by atoms with E-state index >= 15 is 0 Å². The lowest BCUT2D eigenvalue weighted by molar-refractivity contribution is 0.112. The van der Waals surface area contributed by atoms with E-state index in [1.165, 1.54) is 11.3 Å². The van der Waals surface area contributed by atoms with Crippen LogP contribution in [0.4, 0.5) is 0 Å². The average Bonchev–Trinajstić information content (AvgIpc) is 2.43. The van der Waals surface area contributed by atoms with Crippen LogP contribution in [0, 0.1) is 0 Å². The van der Waals surface area contributed by atoms with Gasteiger partial charge in [-0.2, -0.15) is 0 Å².